The van der Waals surface area contributed by atoms with E-state index in [1.807, 2.05) is 60.7 Å². The van der Waals surface area contributed by atoms with Gasteiger partial charge in [0, 0.05) is 49.5 Å². The molecule has 58 heavy (non-hydrogen) atoms. The molecule has 0 unspecified atom stereocenters. The van der Waals surface area contributed by atoms with Gasteiger partial charge in [-0.15, -0.1) is 0 Å². The van der Waals surface area contributed by atoms with Gasteiger partial charge < -0.3 is 8.98 Å². The van der Waals surface area contributed by atoms with Gasteiger partial charge in [0.25, 0.3) is 0 Å². The molecule has 3 aromatic heterocycles. The highest BCUT2D eigenvalue weighted by molar-refractivity contribution is 6.11. The molecule has 0 amide bonds. The largest absolute Gasteiger partial charge is 0.454 e. The standard InChI is InChI=1S/C52H31N5O/c53-32-39-19-11-24-43-44-25-12-23-41(49(44)58-48(39)43)36-17-9-15-34(29-36)35-16-10-18-37(30-35)51-54-50(33-13-3-1-4-14-33)55-52(56-51)38-27-28-47-45(31-38)42-22-7-8-26-46(42)57(47)40-20-5-2-6-21-40/h1-31H. The van der Waals surface area contributed by atoms with Crippen LogP contribution in [-0.4, -0.2) is 19.5 Å². The molecule has 0 spiro atoms. The van der Waals surface area contributed by atoms with Crippen LogP contribution in [0.5, 0.6) is 0 Å². The van der Waals surface area contributed by atoms with Gasteiger partial charge in [0.1, 0.15) is 11.7 Å². The number of benzene rings is 8. The van der Waals surface area contributed by atoms with Gasteiger partial charge in [-0.1, -0.05) is 133 Å². The van der Waals surface area contributed by atoms with Crippen molar-refractivity contribution in [2.24, 2.45) is 0 Å². The van der Waals surface area contributed by atoms with Crippen molar-refractivity contribution in [2.75, 3.05) is 0 Å². The zero-order valence-electron chi connectivity index (χ0n) is 31.0. The average Bonchev–Trinajstić information content (AvgIpc) is 3.85. The highest BCUT2D eigenvalue weighted by atomic mass is 16.3. The average molecular weight is 742 g/mol. The summed E-state index contributed by atoms with van der Waals surface area (Å²) in [4.78, 5) is 15.3. The van der Waals surface area contributed by atoms with Crippen LogP contribution in [-0.2, 0) is 0 Å². The first-order valence-corrected chi connectivity index (χ1v) is 19.2. The van der Waals surface area contributed by atoms with Gasteiger partial charge in [-0.05, 0) is 71.3 Å². The summed E-state index contributed by atoms with van der Waals surface area (Å²) in [6, 6.07) is 66.5. The van der Waals surface area contributed by atoms with Crippen molar-refractivity contribution < 1.29 is 4.42 Å². The quantitative estimate of drug-likeness (QED) is 0.169. The number of para-hydroxylation sites is 4. The van der Waals surface area contributed by atoms with Crippen LogP contribution in [0, 0.1) is 11.3 Å². The minimum Gasteiger partial charge on any atom is -0.454 e. The second-order valence-electron chi connectivity index (χ2n) is 14.3. The molecule has 6 nitrogen and oxygen atoms in total. The van der Waals surface area contributed by atoms with E-state index in [0.717, 1.165) is 77.4 Å². The lowest BCUT2D eigenvalue weighted by Crippen LogP contribution is -2.00. The Kier molecular flexibility index (Phi) is 7.76. The maximum absolute atomic E-state index is 9.75. The Balaban J connectivity index is 1.03. The molecule has 3 heterocycles. The van der Waals surface area contributed by atoms with Crippen LogP contribution in [0.15, 0.2) is 192 Å². The zero-order valence-corrected chi connectivity index (χ0v) is 31.0. The predicted molar refractivity (Wildman–Crippen MR) is 233 cm³/mol. The first-order chi connectivity index (χ1) is 28.7. The van der Waals surface area contributed by atoms with Crippen LogP contribution >= 0.6 is 0 Å². The van der Waals surface area contributed by atoms with E-state index < -0.39 is 0 Å². The van der Waals surface area contributed by atoms with Crippen LogP contribution in [0.1, 0.15) is 5.56 Å². The molecule has 0 bridgehead atoms. The zero-order chi connectivity index (χ0) is 38.6. The van der Waals surface area contributed by atoms with Crippen LogP contribution in [0.3, 0.4) is 0 Å². The molecule has 0 aliphatic carbocycles. The van der Waals surface area contributed by atoms with E-state index in [2.05, 4.69) is 132 Å². The lowest BCUT2D eigenvalue weighted by molar-refractivity contribution is 0.668. The molecule has 270 valence electrons. The Labute approximate surface area is 333 Å². The number of aromatic nitrogens is 4. The summed E-state index contributed by atoms with van der Waals surface area (Å²) >= 11 is 0. The first-order valence-electron chi connectivity index (χ1n) is 19.2. The smallest absolute Gasteiger partial charge is 0.164 e. The third kappa shape index (κ3) is 5.53. The van der Waals surface area contributed by atoms with Crippen molar-refractivity contribution in [1.29, 1.82) is 5.26 Å². The van der Waals surface area contributed by atoms with Crippen LogP contribution in [0.25, 0.3) is 106 Å². The number of nitriles is 1. The van der Waals surface area contributed by atoms with E-state index >= 15 is 0 Å². The summed E-state index contributed by atoms with van der Waals surface area (Å²) < 4.78 is 8.71. The molecule has 0 fully saturated rings. The van der Waals surface area contributed by atoms with E-state index in [1.165, 1.54) is 5.39 Å². The fourth-order valence-corrected chi connectivity index (χ4v) is 8.16. The molecule has 0 saturated carbocycles. The van der Waals surface area contributed by atoms with Gasteiger partial charge >= 0.3 is 0 Å². The highest BCUT2D eigenvalue weighted by Gasteiger charge is 2.18. The lowest BCUT2D eigenvalue weighted by atomic mass is 9.96. The number of hydrogen-bond donors (Lipinski definition) is 0. The van der Waals surface area contributed by atoms with Crippen molar-refractivity contribution in [1.82, 2.24) is 19.5 Å². The van der Waals surface area contributed by atoms with Gasteiger partial charge in [0.05, 0.1) is 16.6 Å². The molecule has 8 aromatic carbocycles. The van der Waals surface area contributed by atoms with Gasteiger partial charge in [-0.2, -0.15) is 5.26 Å². The fraction of sp³-hybridized carbons (Fsp3) is 0. The summed E-state index contributed by atoms with van der Waals surface area (Å²) in [7, 11) is 0. The number of hydrogen-bond acceptors (Lipinski definition) is 5. The molecule has 0 radical (unpaired) electrons. The van der Waals surface area contributed by atoms with E-state index in [1.54, 1.807) is 6.07 Å². The normalized spacial score (nSPS) is 11.4. The maximum Gasteiger partial charge on any atom is 0.164 e. The number of rotatable bonds is 6. The molecule has 0 saturated heterocycles. The SMILES string of the molecule is N#Cc1cccc2c1oc1c(-c3cccc(-c4cccc(-c5nc(-c6ccccc6)nc(-c6ccc7c(c6)c6ccccc6n7-c6ccccc6)n5)c4)c3)cccc12. The molecule has 0 N–H and O–H groups in total. The summed E-state index contributed by atoms with van der Waals surface area (Å²) in [5, 5.41) is 14.0. The topological polar surface area (TPSA) is 80.5 Å². The molecule has 11 aromatic rings. The van der Waals surface area contributed by atoms with Crippen LogP contribution < -0.4 is 0 Å². The Hall–Kier alpha value is -8.14. The summed E-state index contributed by atoms with van der Waals surface area (Å²) in [5.41, 5.74) is 12.0. The molecular weight excluding hydrogens is 711 g/mol. The second-order valence-corrected chi connectivity index (χ2v) is 14.3. The third-order valence-electron chi connectivity index (χ3n) is 10.9. The van der Waals surface area contributed by atoms with Gasteiger partial charge in [-0.25, -0.2) is 15.0 Å². The van der Waals surface area contributed by atoms with E-state index in [0.29, 0.717) is 28.6 Å². The monoisotopic (exact) mass is 741 g/mol. The Bertz CT molecular complexity index is 3410. The summed E-state index contributed by atoms with van der Waals surface area (Å²) in [5.74, 6) is 1.81. The first kappa shape index (κ1) is 33.2. The molecule has 0 aliphatic heterocycles. The number of fused-ring (bicyclic) bond motifs is 6. The van der Waals surface area contributed by atoms with Crippen molar-refractivity contribution in [3.05, 3.63) is 194 Å². The Morgan fingerprint density at radius 1 is 0.397 bits per heavy atom. The lowest BCUT2D eigenvalue weighted by Gasteiger charge is -2.11. The fourth-order valence-electron chi connectivity index (χ4n) is 8.16. The van der Waals surface area contributed by atoms with Gasteiger partial charge in [-0.3, -0.25) is 0 Å². The van der Waals surface area contributed by atoms with Crippen LogP contribution in [0.2, 0.25) is 0 Å². The second kappa shape index (κ2) is 13.6. The molecule has 0 aliphatic rings. The minimum absolute atomic E-state index is 0.526. The Morgan fingerprint density at radius 3 is 1.69 bits per heavy atom. The Morgan fingerprint density at radius 2 is 0.931 bits per heavy atom. The van der Waals surface area contributed by atoms with E-state index in [4.69, 9.17) is 19.4 Å². The number of nitrogens with zero attached hydrogens (tertiary/aromatic N) is 5. The third-order valence-corrected chi connectivity index (χ3v) is 10.9. The minimum atomic E-state index is 0.526. The summed E-state index contributed by atoms with van der Waals surface area (Å²) in [6.45, 7) is 0. The molecule has 0 atom stereocenters. The van der Waals surface area contributed by atoms with E-state index in [-0.39, 0.29) is 0 Å². The molecule has 11 rings (SSSR count). The van der Waals surface area contributed by atoms with Crippen molar-refractivity contribution in [3.63, 3.8) is 0 Å². The van der Waals surface area contributed by atoms with Crippen molar-refractivity contribution in [3.8, 4) is 68.2 Å². The van der Waals surface area contributed by atoms with Gasteiger partial charge in [0.2, 0.25) is 0 Å². The summed E-state index contributed by atoms with van der Waals surface area (Å²) in [6.07, 6.45) is 0. The van der Waals surface area contributed by atoms with Crippen LogP contribution in [0.4, 0.5) is 0 Å². The highest BCUT2D eigenvalue weighted by Crippen LogP contribution is 2.39. The maximum atomic E-state index is 9.75. The van der Waals surface area contributed by atoms with Gasteiger partial charge in [0.15, 0.2) is 23.1 Å². The molecular formula is C52H31N5O. The molecule has 6 heteroatoms. The van der Waals surface area contributed by atoms with Crippen molar-refractivity contribution in [2.45, 2.75) is 0 Å². The van der Waals surface area contributed by atoms with E-state index in [9.17, 15) is 5.26 Å². The van der Waals surface area contributed by atoms with Crippen molar-refractivity contribution >= 4 is 43.7 Å². The predicted octanol–water partition coefficient (Wildman–Crippen LogP) is 13.1. The number of furan rings is 1.